The molecule has 0 bridgehead atoms. The molecule has 21 heavy (non-hydrogen) atoms. The monoisotopic (exact) mass is 286 g/mol. The third-order valence-corrected chi connectivity index (χ3v) is 5.24. The van der Waals surface area contributed by atoms with Crippen molar-refractivity contribution < 1.29 is 9.53 Å². The van der Waals surface area contributed by atoms with Gasteiger partial charge in [0, 0.05) is 18.6 Å². The highest BCUT2D eigenvalue weighted by Crippen LogP contribution is 2.51. The molecular formula is C17H22N2O2. The van der Waals surface area contributed by atoms with Gasteiger partial charge < -0.3 is 15.4 Å². The van der Waals surface area contributed by atoms with Crippen LogP contribution in [0.5, 0.6) is 0 Å². The maximum Gasteiger partial charge on any atom is 0.233 e. The SMILES string of the molecule is NC1(c2cccc(C3(C(=O)N4CCOCC4)CC3)c2)CC1. The van der Waals surface area contributed by atoms with E-state index in [9.17, 15) is 4.79 Å². The Labute approximate surface area is 125 Å². The molecule has 1 saturated heterocycles. The number of amides is 1. The minimum Gasteiger partial charge on any atom is -0.378 e. The predicted octanol–water partition coefficient (Wildman–Crippen LogP) is 1.52. The van der Waals surface area contributed by atoms with Gasteiger partial charge in [-0.25, -0.2) is 0 Å². The first-order chi connectivity index (χ1) is 10.1. The zero-order chi connectivity index (χ0) is 14.5. The van der Waals surface area contributed by atoms with Crippen LogP contribution in [0.25, 0.3) is 0 Å². The molecule has 2 N–H and O–H groups in total. The number of morpholine rings is 1. The molecule has 1 amide bonds. The molecule has 2 saturated carbocycles. The number of nitrogens with zero attached hydrogens (tertiary/aromatic N) is 1. The van der Waals surface area contributed by atoms with Gasteiger partial charge in [0.1, 0.15) is 0 Å². The Kier molecular flexibility index (Phi) is 2.88. The topological polar surface area (TPSA) is 55.6 Å². The van der Waals surface area contributed by atoms with Gasteiger partial charge in [0.05, 0.1) is 18.6 Å². The lowest BCUT2D eigenvalue weighted by atomic mass is 9.90. The van der Waals surface area contributed by atoms with Gasteiger partial charge in [-0.3, -0.25) is 4.79 Å². The third kappa shape index (κ3) is 2.17. The molecule has 4 heteroatoms. The summed E-state index contributed by atoms with van der Waals surface area (Å²) < 4.78 is 5.35. The summed E-state index contributed by atoms with van der Waals surface area (Å²) in [7, 11) is 0. The molecule has 112 valence electrons. The van der Waals surface area contributed by atoms with Crippen LogP contribution in [-0.4, -0.2) is 37.1 Å². The van der Waals surface area contributed by atoms with Crippen LogP contribution in [0.15, 0.2) is 24.3 Å². The number of benzene rings is 1. The van der Waals surface area contributed by atoms with E-state index in [1.54, 1.807) is 0 Å². The third-order valence-electron chi connectivity index (χ3n) is 5.24. The van der Waals surface area contributed by atoms with Gasteiger partial charge >= 0.3 is 0 Å². The van der Waals surface area contributed by atoms with Gasteiger partial charge in [0.25, 0.3) is 0 Å². The maximum atomic E-state index is 12.9. The smallest absolute Gasteiger partial charge is 0.233 e. The minimum atomic E-state index is -0.279. The molecule has 4 rings (SSSR count). The fraction of sp³-hybridized carbons (Fsp3) is 0.588. The van der Waals surface area contributed by atoms with Gasteiger partial charge in [-0.2, -0.15) is 0 Å². The van der Waals surface area contributed by atoms with Crippen LogP contribution in [0.1, 0.15) is 36.8 Å². The highest BCUT2D eigenvalue weighted by atomic mass is 16.5. The summed E-state index contributed by atoms with van der Waals surface area (Å²) in [5, 5.41) is 0. The summed E-state index contributed by atoms with van der Waals surface area (Å²) in [4.78, 5) is 14.9. The Morgan fingerprint density at radius 2 is 1.76 bits per heavy atom. The number of hydrogen-bond donors (Lipinski definition) is 1. The van der Waals surface area contributed by atoms with Crippen LogP contribution in [0.2, 0.25) is 0 Å². The fourth-order valence-corrected chi connectivity index (χ4v) is 3.37. The first-order valence-electron chi connectivity index (χ1n) is 7.91. The summed E-state index contributed by atoms with van der Waals surface area (Å²) in [6, 6.07) is 8.44. The Hall–Kier alpha value is -1.39. The van der Waals surface area contributed by atoms with Crippen molar-refractivity contribution in [2.75, 3.05) is 26.3 Å². The van der Waals surface area contributed by atoms with Crippen LogP contribution >= 0.6 is 0 Å². The molecule has 3 fully saturated rings. The molecule has 0 aromatic heterocycles. The molecule has 1 aliphatic heterocycles. The number of carbonyl (C=O) groups excluding carboxylic acids is 1. The van der Waals surface area contributed by atoms with Crippen molar-refractivity contribution in [3.63, 3.8) is 0 Å². The molecule has 0 atom stereocenters. The largest absolute Gasteiger partial charge is 0.378 e. The summed E-state index contributed by atoms with van der Waals surface area (Å²) in [5.74, 6) is 0.282. The first-order valence-corrected chi connectivity index (χ1v) is 7.91. The molecule has 1 aromatic carbocycles. The molecule has 3 aliphatic rings. The van der Waals surface area contributed by atoms with Crippen molar-refractivity contribution >= 4 is 5.91 Å². The number of hydrogen-bond acceptors (Lipinski definition) is 3. The van der Waals surface area contributed by atoms with Gasteiger partial charge in [-0.1, -0.05) is 24.3 Å². The van der Waals surface area contributed by atoms with Crippen molar-refractivity contribution in [2.45, 2.75) is 36.6 Å². The van der Waals surface area contributed by atoms with E-state index < -0.39 is 0 Å². The lowest BCUT2D eigenvalue weighted by molar-refractivity contribution is -0.138. The summed E-state index contributed by atoms with van der Waals surface area (Å²) in [6.45, 7) is 2.77. The van der Waals surface area contributed by atoms with E-state index in [0.29, 0.717) is 13.2 Å². The lowest BCUT2D eigenvalue weighted by Crippen LogP contribution is -2.45. The molecule has 1 aromatic rings. The Bertz CT molecular complexity index is 570. The second kappa shape index (κ2) is 4.55. The molecule has 4 nitrogen and oxygen atoms in total. The summed E-state index contributed by atoms with van der Waals surface area (Å²) >= 11 is 0. The van der Waals surface area contributed by atoms with Gasteiger partial charge in [-0.05, 0) is 36.8 Å². The Morgan fingerprint density at radius 1 is 1.10 bits per heavy atom. The highest BCUT2D eigenvalue weighted by Gasteiger charge is 2.53. The fourth-order valence-electron chi connectivity index (χ4n) is 3.37. The van der Waals surface area contributed by atoms with E-state index in [1.165, 1.54) is 5.56 Å². The van der Waals surface area contributed by atoms with Crippen molar-refractivity contribution in [1.82, 2.24) is 4.90 Å². The number of nitrogens with two attached hydrogens (primary N) is 1. The molecule has 1 heterocycles. The number of rotatable bonds is 3. The Morgan fingerprint density at radius 3 is 2.38 bits per heavy atom. The van der Waals surface area contributed by atoms with E-state index in [0.717, 1.165) is 44.3 Å². The summed E-state index contributed by atoms with van der Waals surface area (Å²) in [5.41, 5.74) is 8.25. The second-order valence-electron chi connectivity index (χ2n) is 6.72. The second-order valence-corrected chi connectivity index (χ2v) is 6.72. The van der Waals surface area contributed by atoms with Crippen LogP contribution in [-0.2, 0) is 20.5 Å². The first kappa shape index (κ1) is 13.3. The normalized spacial score (nSPS) is 25.5. The zero-order valence-electron chi connectivity index (χ0n) is 12.3. The maximum absolute atomic E-state index is 12.9. The average Bonchev–Trinajstić information content (AvgIpc) is 3.44. The van der Waals surface area contributed by atoms with Crippen LogP contribution < -0.4 is 5.73 Å². The van der Waals surface area contributed by atoms with Gasteiger partial charge in [0.15, 0.2) is 0 Å². The van der Waals surface area contributed by atoms with Crippen LogP contribution in [0.4, 0.5) is 0 Å². The minimum absolute atomic E-state index is 0.131. The van der Waals surface area contributed by atoms with Crippen molar-refractivity contribution in [1.29, 1.82) is 0 Å². The number of carbonyl (C=O) groups is 1. The standard InChI is InChI=1S/C17H22N2O2/c18-17(6-7-17)14-3-1-2-13(12-14)16(4-5-16)15(20)19-8-10-21-11-9-19/h1-3,12H,4-11,18H2. The quantitative estimate of drug-likeness (QED) is 0.916. The van der Waals surface area contributed by atoms with Crippen molar-refractivity contribution in [2.24, 2.45) is 5.73 Å². The molecule has 0 unspecified atom stereocenters. The van der Waals surface area contributed by atoms with E-state index in [2.05, 4.69) is 24.3 Å². The zero-order valence-corrected chi connectivity index (χ0v) is 12.3. The van der Waals surface area contributed by atoms with Crippen molar-refractivity contribution in [3.8, 4) is 0 Å². The lowest BCUT2D eigenvalue weighted by Gasteiger charge is -2.31. The van der Waals surface area contributed by atoms with Crippen LogP contribution in [0.3, 0.4) is 0 Å². The molecule has 2 aliphatic carbocycles. The Balaban J connectivity index is 1.61. The van der Waals surface area contributed by atoms with Crippen molar-refractivity contribution in [3.05, 3.63) is 35.4 Å². The molecular weight excluding hydrogens is 264 g/mol. The van der Waals surface area contributed by atoms with Crippen LogP contribution in [0, 0.1) is 0 Å². The summed E-state index contributed by atoms with van der Waals surface area (Å²) in [6.07, 6.45) is 4.04. The van der Waals surface area contributed by atoms with Gasteiger partial charge in [-0.15, -0.1) is 0 Å². The number of ether oxygens (including phenoxy) is 1. The van der Waals surface area contributed by atoms with Gasteiger partial charge in [0.2, 0.25) is 5.91 Å². The molecule has 0 radical (unpaired) electrons. The average molecular weight is 286 g/mol. The predicted molar refractivity (Wildman–Crippen MR) is 79.9 cm³/mol. The molecule has 0 spiro atoms. The van der Waals surface area contributed by atoms with E-state index in [-0.39, 0.29) is 16.9 Å². The van der Waals surface area contributed by atoms with E-state index >= 15 is 0 Å². The van der Waals surface area contributed by atoms with E-state index in [4.69, 9.17) is 10.5 Å². The van der Waals surface area contributed by atoms with E-state index in [1.807, 2.05) is 4.90 Å². The highest BCUT2D eigenvalue weighted by molar-refractivity contribution is 5.91.